The number of rotatable bonds is 3. The predicted molar refractivity (Wildman–Crippen MR) is 67.1 cm³/mol. The maximum absolute atomic E-state index is 3.43. The van der Waals surface area contributed by atoms with Gasteiger partial charge >= 0.3 is 0 Å². The van der Waals surface area contributed by atoms with Gasteiger partial charge in [-0.15, -0.1) is 0 Å². The topological polar surface area (TPSA) is 15.3 Å². The van der Waals surface area contributed by atoms with Gasteiger partial charge in [0, 0.05) is 25.2 Å². The van der Waals surface area contributed by atoms with E-state index in [9.17, 15) is 0 Å². The highest BCUT2D eigenvalue weighted by Gasteiger charge is 2.30. The van der Waals surface area contributed by atoms with Crippen LogP contribution >= 0.6 is 0 Å². The molecule has 3 atom stereocenters. The molecule has 1 aliphatic rings. The van der Waals surface area contributed by atoms with Gasteiger partial charge in [0.25, 0.3) is 0 Å². The van der Waals surface area contributed by atoms with E-state index < -0.39 is 0 Å². The summed E-state index contributed by atoms with van der Waals surface area (Å²) in [6.45, 7) is 11.4. The van der Waals surface area contributed by atoms with Gasteiger partial charge in [-0.2, -0.15) is 0 Å². The molecule has 1 N–H and O–H groups in total. The van der Waals surface area contributed by atoms with Crippen LogP contribution in [0.25, 0.3) is 0 Å². The van der Waals surface area contributed by atoms with Crippen molar-refractivity contribution in [2.75, 3.05) is 20.1 Å². The molecule has 1 rings (SSSR count). The Kier molecular flexibility index (Phi) is 4.81. The first-order valence-corrected chi connectivity index (χ1v) is 6.11. The van der Waals surface area contributed by atoms with E-state index in [-0.39, 0.29) is 0 Å². The molecule has 1 saturated heterocycles. The lowest BCUT2D eigenvalue weighted by atomic mass is 9.87. The number of piperidine rings is 1. The summed E-state index contributed by atoms with van der Waals surface area (Å²) in [7, 11) is 2.08. The first kappa shape index (κ1) is 12.7. The van der Waals surface area contributed by atoms with Crippen molar-refractivity contribution in [3.63, 3.8) is 0 Å². The molecule has 0 bridgehead atoms. The molecule has 0 saturated carbocycles. The van der Waals surface area contributed by atoms with Crippen LogP contribution < -0.4 is 5.32 Å². The van der Waals surface area contributed by atoms with Crippen molar-refractivity contribution in [2.24, 2.45) is 5.92 Å². The van der Waals surface area contributed by atoms with E-state index in [0.29, 0.717) is 12.1 Å². The fraction of sp³-hybridized carbons (Fsp3) is 0.846. The second-order valence-electron chi connectivity index (χ2n) is 5.06. The Labute approximate surface area is 94.7 Å². The van der Waals surface area contributed by atoms with Crippen molar-refractivity contribution in [1.82, 2.24) is 10.2 Å². The molecule has 0 radical (unpaired) electrons. The third-order valence-corrected chi connectivity index (χ3v) is 3.80. The molecule has 2 nitrogen and oxygen atoms in total. The fourth-order valence-electron chi connectivity index (χ4n) is 2.40. The molecule has 2 heteroatoms. The van der Waals surface area contributed by atoms with E-state index in [1.165, 1.54) is 18.5 Å². The summed E-state index contributed by atoms with van der Waals surface area (Å²) in [4.78, 5) is 2.59. The Balaban J connectivity index is 2.52. The van der Waals surface area contributed by atoms with Crippen molar-refractivity contribution >= 4 is 0 Å². The van der Waals surface area contributed by atoms with Crippen LogP contribution in [0.15, 0.2) is 11.6 Å². The maximum atomic E-state index is 3.43. The molecule has 0 spiro atoms. The van der Waals surface area contributed by atoms with E-state index in [1.54, 1.807) is 0 Å². The Morgan fingerprint density at radius 1 is 1.40 bits per heavy atom. The second-order valence-corrected chi connectivity index (χ2v) is 5.06. The van der Waals surface area contributed by atoms with Crippen molar-refractivity contribution in [3.8, 4) is 0 Å². The predicted octanol–water partition coefficient (Wildman–Crippen LogP) is 2.27. The summed E-state index contributed by atoms with van der Waals surface area (Å²) in [5.74, 6) is 0.745. The summed E-state index contributed by atoms with van der Waals surface area (Å²) < 4.78 is 0. The number of hydrogen-bond donors (Lipinski definition) is 1. The first-order valence-electron chi connectivity index (χ1n) is 6.11. The lowest BCUT2D eigenvalue weighted by molar-refractivity contribution is 0.0990. The zero-order valence-corrected chi connectivity index (χ0v) is 10.9. The van der Waals surface area contributed by atoms with Gasteiger partial charge in [0.05, 0.1) is 0 Å². The van der Waals surface area contributed by atoms with Crippen LogP contribution in [-0.4, -0.2) is 37.1 Å². The smallest absolute Gasteiger partial charge is 0.0168 e. The number of nitrogens with zero attached hydrogens (tertiary/aromatic N) is 1. The van der Waals surface area contributed by atoms with Crippen molar-refractivity contribution in [3.05, 3.63) is 11.6 Å². The van der Waals surface area contributed by atoms with Crippen LogP contribution in [-0.2, 0) is 0 Å². The Morgan fingerprint density at radius 2 is 2.07 bits per heavy atom. The molecule has 1 aliphatic heterocycles. The minimum absolute atomic E-state index is 0.687. The largest absolute Gasteiger partial charge is 0.317 e. The molecule has 0 aromatic heterocycles. The van der Waals surface area contributed by atoms with E-state index in [0.717, 1.165) is 12.5 Å². The molecule has 88 valence electrons. The van der Waals surface area contributed by atoms with Gasteiger partial charge in [0.15, 0.2) is 0 Å². The number of nitrogens with one attached hydrogen (secondary N) is 1. The van der Waals surface area contributed by atoms with E-state index in [1.807, 2.05) is 0 Å². The van der Waals surface area contributed by atoms with Crippen LogP contribution in [0.4, 0.5) is 0 Å². The molecular weight excluding hydrogens is 184 g/mol. The Bertz CT molecular complexity index is 219. The monoisotopic (exact) mass is 210 g/mol. The molecule has 15 heavy (non-hydrogen) atoms. The third-order valence-electron chi connectivity index (χ3n) is 3.80. The molecule has 1 fully saturated rings. The Hall–Kier alpha value is -0.340. The SMILES string of the molecule is CNC1CCN(CC=C(C)C)C(C)C1C. The number of allylic oxidation sites excluding steroid dienone is 1. The van der Waals surface area contributed by atoms with E-state index in [4.69, 9.17) is 0 Å². The van der Waals surface area contributed by atoms with Gasteiger partial charge in [-0.3, -0.25) is 4.90 Å². The quantitative estimate of drug-likeness (QED) is 0.719. The van der Waals surface area contributed by atoms with E-state index >= 15 is 0 Å². The summed E-state index contributed by atoms with van der Waals surface area (Å²) in [5, 5.41) is 3.43. The maximum Gasteiger partial charge on any atom is 0.0168 e. The van der Waals surface area contributed by atoms with Crippen LogP contribution in [0.2, 0.25) is 0 Å². The van der Waals surface area contributed by atoms with Crippen LogP contribution in [0.5, 0.6) is 0 Å². The van der Waals surface area contributed by atoms with Crippen LogP contribution in [0.3, 0.4) is 0 Å². The lowest BCUT2D eigenvalue weighted by Gasteiger charge is -2.42. The normalized spacial score (nSPS) is 32.7. The minimum atomic E-state index is 0.687. The molecule has 3 unspecified atom stereocenters. The van der Waals surface area contributed by atoms with Gasteiger partial charge < -0.3 is 5.32 Å². The third kappa shape index (κ3) is 3.32. The summed E-state index contributed by atoms with van der Waals surface area (Å²) in [6, 6.07) is 1.38. The first-order chi connectivity index (χ1) is 7.06. The average Bonchev–Trinajstić information content (AvgIpc) is 2.20. The molecule has 0 amide bonds. The van der Waals surface area contributed by atoms with Crippen molar-refractivity contribution in [2.45, 2.75) is 46.2 Å². The highest BCUT2D eigenvalue weighted by atomic mass is 15.2. The minimum Gasteiger partial charge on any atom is -0.317 e. The Morgan fingerprint density at radius 3 is 2.60 bits per heavy atom. The number of likely N-dealkylation sites (tertiary alicyclic amines) is 1. The van der Waals surface area contributed by atoms with Gasteiger partial charge in [-0.05, 0) is 40.2 Å². The summed E-state index contributed by atoms with van der Waals surface area (Å²) >= 11 is 0. The van der Waals surface area contributed by atoms with Crippen LogP contribution in [0.1, 0.15) is 34.1 Å². The van der Waals surface area contributed by atoms with Gasteiger partial charge in [-0.1, -0.05) is 18.6 Å². The molecule has 0 aromatic carbocycles. The van der Waals surface area contributed by atoms with Crippen LogP contribution in [0, 0.1) is 5.92 Å². The van der Waals surface area contributed by atoms with Crippen molar-refractivity contribution < 1.29 is 0 Å². The number of hydrogen-bond acceptors (Lipinski definition) is 2. The highest BCUT2D eigenvalue weighted by molar-refractivity contribution is 4.98. The van der Waals surface area contributed by atoms with Gasteiger partial charge in [0.2, 0.25) is 0 Å². The molecule has 0 aliphatic carbocycles. The van der Waals surface area contributed by atoms with Crippen molar-refractivity contribution in [1.29, 1.82) is 0 Å². The zero-order chi connectivity index (χ0) is 11.4. The zero-order valence-electron chi connectivity index (χ0n) is 10.9. The second kappa shape index (κ2) is 5.66. The van der Waals surface area contributed by atoms with Gasteiger partial charge in [-0.25, -0.2) is 0 Å². The summed E-state index contributed by atoms with van der Waals surface area (Å²) in [6.07, 6.45) is 3.61. The molecule has 0 aromatic rings. The average molecular weight is 210 g/mol. The van der Waals surface area contributed by atoms with Gasteiger partial charge in [0.1, 0.15) is 0 Å². The molecule has 1 heterocycles. The highest BCUT2D eigenvalue weighted by Crippen LogP contribution is 2.23. The van der Waals surface area contributed by atoms with E-state index in [2.05, 4.69) is 51.0 Å². The standard InChI is InChI=1S/C13H26N2/c1-10(2)6-8-15-9-7-13(14-5)11(3)12(15)4/h6,11-14H,7-9H2,1-5H3. The summed E-state index contributed by atoms with van der Waals surface area (Å²) in [5.41, 5.74) is 1.42. The lowest BCUT2D eigenvalue weighted by Crippen LogP contribution is -2.52. The fourth-order valence-corrected chi connectivity index (χ4v) is 2.40. The molecular formula is C13H26N2.